The van der Waals surface area contributed by atoms with E-state index in [1.165, 1.54) is 0 Å². The molecule has 0 bridgehead atoms. The minimum absolute atomic E-state index is 0. The average Bonchev–Trinajstić information content (AvgIpc) is 2.36. The Hall–Kier alpha value is -0.320. The smallest absolute Gasteiger partial charge is 0.236 e. The van der Waals surface area contributed by atoms with Gasteiger partial charge in [-0.3, -0.25) is 4.79 Å². The van der Waals surface area contributed by atoms with E-state index in [9.17, 15) is 4.79 Å². The standard InChI is InChI=1S/C7H14N2O2.ClH/c1-8-4-7(11)9-3-2-6(10)5-9;/h6,8,10H,2-5H2,1H3;1H. The number of hydrogen-bond acceptors (Lipinski definition) is 3. The predicted octanol–water partition coefficient (Wildman–Crippen LogP) is -0.779. The van der Waals surface area contributed by atoms with Crippen molar-refractivity contribution in [2.75, 3.05) is 26.7 Å². The van der Waals surface area contributed by atoms with Gasteiger partial charge in [0.1, 0.15) is 0 Å². The van der Waals surface area contributed by atoms with Crippen molar-refractivity contribution in [1.29, 1.82) is 0 Å². The molecule has 2 N–H and O–H groups in total. The molecule has 4 nitrogen and oxygen atoms in total. The first-order valence-corrected chi connectivity index (χ1v) is 3.84. The SMILES string of the molecule is CNCC(=O)N1CCC(O)C1.Cl. The van der Waals surface area contributed by atoms with Gasteiger partial charge in [0.05, 0.1) is 12.6 Å². The second-order valence-electron chi connectivity index (χ2n) is 2.81. The van der Waals surface area contributed by atoms with Gasteiger partial charge in [-0.25, -0.2) is 0 Å². The Morgan fingerprint density at radius 1 is 1.75 bits per heavy atom. The number of aliphatic hydroxyl groups is 1. The number of hydrogen-bond donors (Lipinski definition) is 2. The van der Waals surface area contributed by atoms with Crippen molar-refractivity contribution in [3.63, 3.8) is 0 Å². The maximum atomic E-state index is 11.1. The highest BCUT2D eigenvalue weighted by Gasteiger charge is 2.23. The van der Waals surface area contributed by atoms with E-state index in [-0.39, 0.29) is 24.4 Å². The minimum atomic E-state index is -0.309. The Morgan fingerprint density at radius 2 is 2.42 bits per heavy atom. The zero-order valence-electron chi connectivity index (χ0n) is 7.12. The van der Waals surface area contributed by atoms with Crippen molar-refractivity contribution in [3.8, 4) is 0 Å². The number of likely N-dealkylation sites (tertiary alicyclic amines) is 1. The van der Waals surface area contributed by atoms with Gasteiger partial charge in [-0.15, -0.1) is 12.4 Å². The summed E-state index contributed by atoms with van der Waals surface area (Å²) in [5.41, 5.74) is 0. The van der Waals surface area contributed by atoms with E-state index in [2.05, 4.69) is 5.32 Å². The zero-order valence-corrected chi connectivity index (χ0v) is 7.93. The Balaban J connectivity index is 0.00000121. The minimum Gasteiger partial charge on any atom is -0.391 e. The van der Waals surface area contributed by atoms with E-state index in [4.69, 9.17) is 5.11 Å². The summed E-state index contributed by atoms with van der Waals surface area (Å²) in [7, 11) is 1.74. The Kier molecular flexibility index (Phi) is 5.20. The van der Waals surface area contributed by atoms with Crippen molar-refractivity contribution in [3.05, 3.63) is 0 Å². The van der Waals surface area contributed by atoms with Crippen LogP contribution in [0.25, 0.3) is 0 Å². The molecule has 1 saturated heterocycles. The van der Waals surface area contributed by atoms with Crippen LogP contribution in [0.3, 0.4) is 0 Å². The summed E-state index contributed by atoms with van der Waals surface area (Å²) < 4.78 is 0. The molecule has 12 heavy (non-hydrogen) atoms. The van der Waals surface area contributed by atoms with Crippen LogP contribution in [0.2, 0.25) is 0 Å². The van der Waals surface area contributed by atoms with E-state index >= 15 is 0 Å². The molecular weight excluding hydrogens is 180 g/mol. The lowest BCUT2D eigenvalue weighted by Gasteiger charge is -2.14. The summed E-state index contributed by atoms with van der Waals surface area (Å²) in [6.45, 7) is 1.56. The molecule has 5 heteroatoms. The molecule has 0 aromatic heterocycles. The van der Waals surface area contributed by atoms with Gasteiger partial charge >= 0.3 is 0 Å². The van der Waals surface area contributed by atoms with Gasteiger partial charge in [-0.2, -0.15) is 0 Å². The maximum absolute atomic E-state index is 11.1. The highest BCUT2D eigenvalue weighted by Crippen LogP contribution is 2.07. The molecule has 0 aliphatic carbocycles. The second kappa shape index (κ2) is 5.35. The van der Waals surface area contributed by atoms with Gasteiger partial charge in [0.15, 0.2) is 0 Å². The molecule has 1 rings (SSSR count). The van der Waals surface area contributed by atoms with Crippen molar-refractivity contribution in [1.82, 2.24) is 10.2 Å². The number of rotatable bonds is 2. The van der Waals surface area contributed by atoms with Crippen molar-refractivity contribution < 1.29 is 9.90 Å². The molecule has 1 atom stereocenters. The number of aliphatic hydroxyl groups excluding tert-OH is 1. The van der Waals surface area contributed by atoms with Gasteiger partial charge in [-0.1, -0.05) is 0 Å². The monoisotopic (exact) mass is 194 g/mol. The molecule has 0 aromatic rings. The molecule has 0 aromatic carbocycles. The maximum Gasteiger partial charge on any atom is 0.236 e. The summed E-state index contributed by atoms with van der Waals surface area (Å²) in [6, 6.07) is 0. The van der Waals surface area contributed by atoms with Crippen LogP contribution in [0.1, 0.15) is 6.42 Å². The van der Waals surface area contributed by atoms with Crippen LogP contribution in [0, 0.1) is 0 Å². The van der Waals surface area contributed by atoms with Gasteiger partial charge in [0, 0.05) is 13.1 Å². The highest BCUT2D eigenvalue weighted by atomic mass is 35.5. The summed E-state index contributed by atoms with van der Waals surface area (Å²) in [6.07, 6.45) is 0.408. The number of nitrogens with zero attached hydrogens (tertiary/aromatic N) is 1. The van der Waals surface area contributed by atoms with Gasteiger partial charge < -0.3 is 15.3 Å². The third-order valence-corrected chi connectivity index (χ3v) is 1.84. The van der Waals surface area contributed by atoms with Crippen LogP contribution < -0.4 is 5.32 Å². The molecule has 1 aliphatic rings. The molecule has 1 unspecified atom stereocenters. The van der Waals surface area contributed by atoms with Crippen LogP contribution in [-0.4, -0.2) is 48.7 Å². The Bertz CT molecular complexity index is 154. The van der Waals surface area contributed by atoms with Crippen LogP contribution in [0.5, 0.6) is 0 Å². The van der Waals surface area contributed by atoms with E-state index in [1.807, 2.05) is 0 Å². The summed E-state index contributed by atoms with van der Waals surface area (Å²) in [5, 5.41) is 11.9. The molecule has 1 heterocycles. The summed E-state index contributed by atoms with van der Waals surface area (Å²) in [5.74, 6) is 0.0732. The molecule has 0 spiro atoms. The lowest BCUT2D eigenvalue weighted by atomic mass is 10.3. The molecule has 0 saturated carbocycles. The van der Waals surface area contributed by atoms with E-state index in [0.717, 1.165) is 6.42 Å². The highest BCUT2D eigenvalue weighted by molar-refractivity contribution is 5.85. The lowest BCUT2D eigenvalue weighted by Crippen LogP contribution is -2.35. The van der Waals surface area contributed by atoms with Gasteiger partial charge in [0.2, 0.25) is 5.91 Å². The molecule has 72 valence electrons. The number of carbonyl (C=O) groups excluding carboxylic acids is 1. The van der Waals surface area contributed by atoms with Crippen molar-refractivity contribution in [2.24, 2.45) is 0 Å². The Labute approximate surface area is 78.3 Å². The molecule has 1 amide bonds. The third-order valence-electron chi connectivity index (χ3n) is 1.84. The first-order valence-electron chi connectivity index (χ1n) is 3.84. The number of amides is 1. The van der Waals surface area contributed by atoms with E-state index in [1.54, 1.807) is 11.9 Å². The fourth-order valence-corrected chi connectivity index (χ4v) is 1.23. The largest absolute Gasteiger partial charge is 0.391 e. The van der Waals surface area contributed by atoms with E-state index in [0.29, 0.717) is 19.6 Å². The van der Waals surface area contributed by atoms with Crippen LogP contribution in [0.15, 0.2) is 0 Å². The number of nitrogens with one attached hydrogen (secondary N) is 1. The van der Waals surface area contributed by atoms with Crippen molar-refractivity contribution >= 4 is 18.3 Å². The van der Waals surface area contributed by atoms with Crippen LogP contribution >= 0.6 is 12.4 Å². The normalized spacial score (nSPS) is 22.2. The summed E-state index contributed by atoms with van der Waals surface area (Å²) in [4.78, 5) is 12.8. The summed E-state index contributed by atoms with van der Waals surface area (Å²) >= 11 is 0. The second-order valence-corrected chi connectivity index (χ2v) is 2.81. The van der Waals surface area contributed by atoms with Crippen molar-refractivity contribution in [2.45, 2.75) is 12.5 Å². The number of halogens is 1. The fourth-order valence-electron chi connectivity index (χ4n) is 1.23. The lowest BCUT2D eigenvalue weighted by molar-refractivity contribution is -0.129. The molecular formula is C7H15ClN2O2. The first-order chi connectivity index (χ1) is 5.24. The molecule has 1 fully saturated rings. The van der Waals surface area contributed by atoms with Gasteiger partial charge in [0.25, 0.3) is 0 Å². The predicted molar refractivity (Wildman–Crippen MR) is 48.4 cm³/mol. The third kappa shape index (κ3) is 2.97. The Morgan fingerprint density at radius 3 is 2.83 bits per heavy atom. The average molecular weight is 195 g/mol. The van der Waals surface area contributed by atoms with E-state index < -0.39 is 0 Å². The zero-order chi connectivity index (χ0) is 8.27. The molecule has 1 aliphatic heterocycles. The quantitative estimate of drug-likeness (QED) is 0.607. The first kappa shape index (κ1) is 11.7. The molecule has 0 radical (unpaired) electrons. The van der Waals surface area contributed by atoms with Crippen LogP contribution in [0.4, 0.5) is 0 Å². The number of carbonyl (C=O) groups is 1. The van der Waals surface area contributed by atoms with Gasteiger partial charge in [-0.05, 0) is 13.5 Å². The number of likely N-dealkylation sites (N-methyl/N-ethyl adjacent to an activating group) is 1. The fraction of sp³-hybridized carbons (Fsp3) is 0.857. The number of β-amino-alcohol motifs (C(OH)–C–C–N with tert-alkyl or cyclic N) is 1. The topological polar surface area (TPSA) is 52.6 Å². The van der Waals surface area contributed by atoms with Crippen LogP contribution in [-0.2, 0) is 4.79 Å².